The van der Waals surface area contributed by atoms with Crippen LogP contribution in [0, 0.1) is 5.82 Å². The number of hydrogen-bond acceptors (Lipinski definition) is 4. The first kappa shape index (κ1) is 22.1. The lowest BCUT2D eigenvalue weighted by atomic mass is 10.0. The van der Waals surface area contributed by atoms with Crippen LogP contribution in [0.25, 0.3) is 11.1 Å². The molecule has 0 saturated heterocycles. The number of carbonyl (C=O) groups excluding carboxylic acids is 1. The minimum atomic E-state index is -0.542. The van der Waals surface area contributed by atoms with Crippen molar-refractivity contribution in [1.82, 2.24) is 4.57 Å². The molecule has 8 heteroatoms. The van der Waals surface area contributed by atoms with Gasteiger partial charge in [0.05, 0.1) is 5.02 Å². The fourth-order valence-corrected chi connectivity index (χ4v) is 3.17. The van der Waals surface area contributed by atoms with E-state index in [1.807, 2.05) is 0 Å². The van der Waals surface area contributed by atoms with Crippen molar-refractivity contribution in [3.8, 4) is 11.1 Å². The third-order valence-corrected chi connectivity index (χ3v) is 4.93. The Morgan fingerprint density at radius 2 is 1.87 bits per heavy atom. The van der Waals surface area contributed by atoms with E-state index in [4.69, 9.17) is 11.6 Å². The number of rotatable bonds is 6. The van der Waals surface area contributed by atoms with Crippen molar-refractivity contribution in [1.29, 1.82) is 0 Å². The van der Waals surface area contributed by atoms with Crippen molar-refractivity contribution in [2.45, 2.75) is 0 Å². The van der Waals surface area contributed by atoms with Gasteiger partial charge in [0, 0.05) is 55.5 Å². The van der Waals surface area contributed by atoms with Gasteiger partial charge in [-0.3, -0.25) is 9.59 Å². The van der Waals surface area contributed by atoms with Gasteiger partial charge >= 0.3 is 0 Å². The molecule has 160 valence electrons. The zero-order chi connectivity index (χ0) is 22.7. The normalized spacial score (nSPS) is 10.5. The molecule has 1 heterocycles. The molecular weight excluding hydrogens is 419 g/mol. The van der Waals surface area contributed by atoms with E-state index in [9.17, 15) is 14.0 Å². The van der Waals surface area contributed by atoms with Crippen molar-refractivity contribution < 1.29 is 9.18 Å². The third-order valence-electron chi connectivity index (χ3n) is 4.63. The summed E-state index contributed by atoms with van der Waals surface area (Å²) in [6.07, 6.45) is 2.89. The Kier molecular flexibility index (Phi) is 6.46. The van der Waals surface area contributed by atoms with Crippen LogP contribution in [-0.4, -0.2) is 24.6 Å². The Morgan fingerprint density at radius 1 is 1.16 bits per heavy atom. The summed E-state index contributed by atoms with van der Waals surface area (Å²) < 4.78 is 15.4. The Balaban J connectivity index is 2.16. The molecule has 0 aliphatic heterocycles. The molecule has 0 aliphatic rings. The first-order chi connectivity index (χ1) is 14.7. The summed E-state index contributed by atoms with van der Waals surface area (Å²) in [7, 11) is 5.25. The Labute approximate surface area is 184 Å². The molecule has 0 atom stereocenters. The smallest absolute Gasteiger partial charge is 0.273 e. The predicted octanol–water partition coefficient (Wildman–Crippen LogP) is 4.78. The molecule has 0 unspecified atom stereocenters. The van der Waals surface area contributed by atoms with Crippen molar-refractivity contribution >= 4 is 40.3 Å². The van der Waals surface area contributed by atoms with Crippen molar-refractivity contribution in [3.05, 3.63) is 82.5 Å². The van der Waals surface area contributed by atoms with Crippen molar-refractivity contribution in [2.75, 3.05) is 29.6 Å². The molecule has 2 aromatic carbocycles. The summed E-state index contributed by atoms with van der Waals surface area (Å²) in [5.41, 5.74) is 3.51. The lowest BCUT2D eigenvalue weighted by molar-refractivity contribution is -0.111. The molecule has 0 spiro atoms. The van der Waals surface area contributed by atoms with Gasteiger partial charge in [-0.1, -0.05) is 18.2 Å². The van der Waals surface area contributed by atoms with Crippen LogP contribution in [-0.2, 0) is 11.8 Å². The van der Waals surface area contributed by atoms with E-state index in [-0.39, 0.29) is 16.5 Å². The first-order valence-electron chi connectivity index (χ1n) is 9.37. The highest BCUT2D eigenvalue weighted by atomic mass is 35.5. The third kappa shape index (κ3) is 4.95. The number of nitrogens with one attached hydrogen (secondary N) is 2. The van der Waals surface area contributed by atoms with Gasteiger partial charge in [0.15, 0.2) is 0 Å². The summed E-state index contributed by atoms with van der Waals surface area (Å²) in [4.78, 5) is 26.0. The van der Waals surface area contributed by atoms with Crippen molar-refractivity contribution in [3.63, 3.8) is 0 Å². The van der Waals surface area contributed by atoms with Crippen LogP contribution in [0.1, 0.15) is 0 Å². The molecule has 3 aromatic rings. The van der Waals surface area contributed by atoms with Gasteiger partial charge in [-0.05, 0) is 48.5 Å². The van der Waals surface area contributed by atoms with Gasteiger partial charge in [0.2, 0.25) is 5.91 Å². The van der Waals surface area contributed by atoms with Crippen LogP contribution in [0.2, 0.25) is 5.02 Å². The highest BCUT2D eigenvalue weighted by molar-refractivity contribution is 6.30. The molecule has 3 rings (SSSR count). The molecular formula is C23H22ClFN4O2. The van der Waals surface area contributed by atoms with E-state index in [0.717, 1.165) is 5.56 Å². The number of aryl methyl sites for hydroxylation is 1. The predicted molar refractivity (Wildman–Crippen MR) is 125 cm³/mol. The number of anilines is 4. The molecule has 1 amide bonds. The van der Waals surface area contributed by atoms with Gasteiger partial charge in [-0.15, -0.1) is 0 Å². The monoisotopic (exact) mass is 440 g/mol. The van der Waals surface area contributed by atoms with Crippen LogP contribution in [0.15, 0.2) is 66.1 Å². The fraction of sp³-hybridized carbons (Fsp3) is 0.130. The van der Waals surface area contributed by atoms with Crippen LogP contribution in [0.5, 0.6) is 0 Å². The Bertz CT molecular complexity index is 1220. The van der Waals surface area contributed by atoms with E-state index in [1.165, 1.54) is 22.8 Å². The highest BCUT2D eigenvalue weighted by Crippen LogP contribution is 2.34. The average Bonchev–Trinajstić information content (AvgIpc) is 2.73. The van der Waals surface area contributed by atoms with Crippen LogP contribution in [0.3, 0.4) is 0 Å². The van der Waals surface area contributed by atoms with Gasteiger partial charge < -0.3 is 20.1 Å². The lowest BCUT2D eigenvalue weighted by Crippen LogP contribution is -2.25. The molecule has 2 N–H and O–H groups in total. The largest absolute Gasteiger partial charge is 0.373 e. The molecule has 0 aliphatic carbocycles. The highest BCUT2D eigenvalue weighted by Gasteiger charge is 2.13. The molecule has 0 saturated carbocycles. The van der Waals surface area contributed by atoms with E-state index >= 15 is 0 Å². The van der Waals surface area contributed by atoms with Gasteiger partial charge in [-0.25, -0.2) is 4.39 Å². The molecule has 1 aromatic heterocycles. The van der Waals surface area contributed by atoms with E-state index < -0.39 is 5.82 Å². The summed E-state index contributed by atoms with van der Waals surface area (Å²) in [5, 5.41) is 5.95. The Hall–Kier alpha value is -3.58. The summed E-state index contributed by atoms with van der Waals surface area (Å²) in [6, 6.07) is 11.4. The topological polar surface area (TPSA) is 66.4 Å². The van der Waals surface area contributed by atoms with Gasteiger partial charge in [-0.2, -0.15) is 0 Å². The van der Waals surface area contributed by atoms with Gasteiger partial charge in [0.25, 0.3) is 5.56 Å². The van der Waals surface area contributed by atoms with Crippen molar-refractivity contribution in [2.24, 2.45) is 7.05 Å². The number of benzene rings is 2. The number of halogens is 2. The quantitative estimate of drug-likeness (QED) is 0.541. The standard InChI is InChI=1S/C23H22ClFN4O2/c1-5-22(30)27-15-7-9-20(26-16-6-8-18(24)19(25)12-16)17(11-15)14-10-21(28(2)3)23(31)29(4)13-14/h5-13,26H,1H2,2-4H3,(H,27,30). The molecule has 0 fully saturated rings. The number of carbonyl (C=O) groups is 1. The average molecular weight is 441 g/mol. The van der Waals surface area contributed by atoms with E-state index in [2.05, 4.69) is 17.2 Å². The van der Waals surface area contributed by atoms with Crippen LogP contribution in [0.4, 0.5) is 27.1 Å². The molecule has 0 bridgehead atoms. The number of nitrogens with zero attached hydrogens (tertiary/aromatic N) is 2. The molecule has 31 heavy (non-hydrogen) atoms. The second-order valence-corrected chi connectivity index (χ2v) is 7.54. The number of hydrogen-bond donors (Lipinski definition) is 2. The summed E-state index contributed by atoms with van der Waals surface area (Å²) >= 11 is 5.78. The maximum Gasteiger partial charge on any atom is 0.273 e. The first-order valence-corrected chi connectivity index (χ1v) is 9.75. The summed E-state index contributed by atoms with van der Waals surface area (Å²) in [6.45, 7) is 3.46. The zero-order valence-electron chi connectivity index (χ0n) is 17.4. The number of aromatic nitrogens is 1. The molecule has 6 nitrogen and oxygen atoms in total. The zero-order valence-corrected chi connectivity index (χ0v) is 18.1. The van der Waals surface area contributed by atoms with Crippen LogP contribution >= 0.6 is 11.6 Å². The van der Waals surface area contributed by atoms with Crippen LogP contribution < -0.4 is 21.1 Å². The SMILES string of the molecule is C=CC(=O)Nc1ccc(Nc2ccc(Cl)c(F)c2)c(-c2cc(N(C)C)c(=O)n(C)c2)c1. The fourth-order valence-electron chi connectivity index (χ4n) is 3.05. The Morgan fingerprint density at radius 3 is 2.52 bits per heavy atom. The minimum Gasteiger partial charge on any atom is -0.373 e. The molecule has 0 radical (unpaired) electrons. The number of pyridine rings is 1. The number of amides is 1. The van der Waals surface area contributed by atoms with E-state index in [1.54, 1.807) is 62.6 Å². The summed E-state index contributed by atoms with van der Waals surface area (Å²) in [5.74, 6) is -0.888. The maximum atomic E-state index is 13.9. The van der Waals surface area contributed by atoms with Gasteiger partial charge in [0.1, 0.15) is 11.5 Å². The second kappa shape index (κ2) is 9.06. The lowest BCUT2D eigenvalue weighted by Gasteiger charge is -2.18. The minimum absolute atomic E-state index is 0.0296. The van der Waals surface area contributed by atoms with E-state index in [0.29, 0.717) is 28.3 Å². The maximum absolute atomic E-state index is 13.9. The second-order valence-electron chi connectivity index (χ2n) is 7.13.